The Morgan fingerprint density at radius 3 is 3.15 bits per heavy atom. The average Bonchev–Trinajstić information content (AvgIpc) is 3.29. The Morgan fingerprint density at radius 1 is 1.41 bits per heavy atom. The number of aromatic nitrogens is 2. The van der Waals surface area contributed by atoms with Gasteiger partial charge in [0.25, 0.3) is 5.89 Å². The van der Waals surface area contributed by atoms with Gasteiger partial charge in [-0.15, -0.1) is 0 Å². The molecule has 1 saturated heterocycles. The number of aryl methyl sites for hydroxylation is 1. The fourth-order valence-electron chi connectivity index (χ4n) is 3.29. The topological polar surface area (TPSA) is 90.8 Å². The van der Waals surface area contributed by atoms with Crippen molar-refractivity contribution in [2.45, 2.75) is 26.0 Å². The van der Waals surface area contributed by atoms with E-state index in [2.05, 4.69) is 10.1 Å². The van der Waals surface area contributed by atoms with Crippen LogP contribution in [-0.4, -0.2) is 47.8 Å². The lowest BCUT2D eigenvalue weighted by atomic mass is 10.1. The van der Waals surface area contributed by atoms with Crippen molar-refractivity contribution in [2.75, 3.05) is 26.9 Å². The Hall–Kier alpha value is -2.71. The molecule has 3 heterocycles. The summed E-state index contributed by atoms with van der Waals surface area (Å²) in [7, 11) is 1.56. The van der Waals surface area contributed by atoms with Crippen LogP contribution in [0.3, 0.4) is 0 Å². The molecule has 0 N–H and O–H groups in total. The third kappa shape index (κ3) is 3.58. The highest BCUT2D eigenvalue weighted by Gasteiger charge is 2.32. The molecule has 4 rings (SSSR count). The molecule has 27 heavy (non-hydrogen) atoms. The van der Waals surface area contributed by atoms with Crippen LogP contribution < -0.4 is 0 Å². The van der Waals surface area contributed by atoms with Gasteiger partial charge >= 0.3 is 0 Å². The third-order valence-corrected chi connectivity index (χ3v) is 4.65. The Kier molecular flexibility index (Phi) is 4.91. The second kappa shape index (κ2) is 7.50. The molecule has 8 heteroatoms. The smallest absolute Gasteiger partial charge is 0.252 e. The molecule has 0 aliphatic carbocycles. The molecule has 3 aromatic rings. The summed E-state index contributed by atoms with van der Waals surface area (Å²) in [4.78, 5) is 19.1. The van der Waals surface area contributed by atoms with E-state index >= 15 is 0 Å². The molecule has 0 bridgehead atoms. The Labute approximate surface area is 156 Å². The van der Waals surface area contributed by atoms with Gasteiger partial charge in [-0.1, -0.05) is 17.3 Å². The number of hydrogen-bond donors (Lipinski definition) is 0. The zero-order chi connectivity index (χ0) is 18.8. The molecule has 2 aromatic heterocycles. The number of amides is 1. The largest absolute Gasteiger partial charge is 0.464 e. The molecule has 1 aromatic carbocycles. The maximum absolute atomic E-state index is 13.0. The SMILES string of the molecule is COCc1nc(C2COCCN2C(=O)Cc2coc3cc(C)ccc23)no1. The second-order valence-electron chi connectivity index (χ2n) is 6.59. The maximum atomic E-state index is 13.0. The highest BCUT2D eigenvalue weighted by Crippen LogP contribution is 2.26. The van der Waals surface area contributed by atoms with Gasteiger partial charge in [0.2, 0.25) is 5.91 Å². The van der Waals surface area contributed by atoms with Crippen LogP contribution in [0, 0.1) is 6.92 Å². The lowest BCUT2D eigenvalue weighted by molar-refractivity contribution is -0.139. The molecule has 1 unspecified atom stereocenters. The van der Waals surface area contributed by atoms with Gasteiger partial charge < -0.3 is 23.3 Å². The lowest BCUT2D eigenvalue weighted by Crippen LogP contribution is -2.44. The minimum absolute atomic E-state index is 0.0235. The summed E-state index contributed by atoms with van der Waals surface area (Å²) in [6, 6.07) is 5.60. The number of ether oxygens (including phenoxy) is 2. The van der Waals surface area contributed by atoms with Gasteiger partial charge in [-0.05, 0) is 18.6 Å². The fourth-order valence-corrected chi connectivity index (χ4v) is 3.29. The number of rotatable bonds is 5. The predicted octanol–water partition coefficient (Wildman–Crippen LogP) is 2.41. The van der Waals surface area contributed by atoms with E-state index in [9.17, 15) is 4.79 Å². The zero-order valence-corrected chi connectivity index (χ0v) is 15.3. The number of carbonyl (C=O) groups is 1. The van der Waals surface area contributed by atoms with Crippen LogP contribution in [-0.2, 0) is 27.3 Å². The number of furan rings is 1. The minimum atomic E-state index is -0.374. The molecular weight excluding hydrogens is 350 g/mol. The predicted molar refractivity (Wildman–Crippen MR) is 94.9 cm³/mol. The first-order chi connectivity index (χ1) is 13.2. The van der Waals surface area contributed by atoms with E-state index in [1.165, 1.54) is 0 Å². The van der Waals surface area contributed by atoms with Gasteiger partial charge in [0, 0.05) is 24.6 Å². The van der Waals surface area contributed by atoms with Gasteiger partial charge in [-0.3, -0.25) is 4.79 Å². The van der Waals surface area contributed by atoms with Gasteiger partial charge in [-0.2, -0.15) is 4.98 Å². The molecule has 1 amide bonds. The Bertz CT molecular complexity index is 948. The van der Waals surface area contributed by atoms with Crippen LogP contribution in [0.5, 0.6) is 0 Å². The van der Waals surface area contributed by atoms with E-state index in [-0.39, 0.29) is 25.0 Å². The normalized spacial score (nSPS) is 17.6. The monoisotopic (exact) mass is 371 g/mol. The second-order valence-corrected chi connectivity index (χ2v) is 6.59. The van der Waals surface area contributed by atoms with Crippen molar-refractivity contribution in [3.8, 4) is 0 Å². The summed E-state index contributed by atoms with van der Waals surface area (Å²) in [6.45, 7) is 3.54. The summed E-state index contributed by atoms with van der Waals surface area (Å²) in [5, 5.41) is 4.95. The van der Waals surface area contributed by atoms with Crippen LogP contribution in [0.4, 0.5) is 0 Å². The molecule has 1 aliphatic rings. The van der Waals surface area contributed by atoms with Crippen LogP contribution >= 0.6 is 0 Å². The zero-order valence-electron chi connectivity index (χ0n) is 15.3. The summed E-state index contributed by atoms with van der Waals surface area (Å²) < 4.78 is 21.3. The average molecular weight is 371 g/mol. The van der Waals surface area contributed by atoms with Crippen LogP contribution in [0.25, 0.3) is 11.0 Å². The van der Waals surface area contributed by atoms with Crippen LogP contribution in [0.15, 0.2) is 33.4 Å². The molecule has 1 aliphatic heterocycles. The number of carbonyl (C=O) groups excluding carboxylic acids is 1. The highest BCUT2D eigenvalue weighted by atomic mass is 16.5. The van der Waals surface area contributed by atoms with E-state index in [1.807, 2.05) is 25.1 Å². The molecule has 142 valence electrons. The molecule has 1 fully saturated rings. The van der Waals surface area contributed by atoms with Crippen LogP contribution in [0.2, 0.25) is 0 Å². The van der Waals surface area contributed by atoms with E-state index in [4.69, 9.17) is 18.4 Å². The van der Waals surface area contributed by atoms with Crippen molar-refractivity contribution in [1.82, 2.24) is 15.0 Å². The van der Waals surface area contributed by atoms with Gasteiger partial charge in [-0.25, -0.2) is 0 Å². The van der Waals surface area contributed by atoms with E-state index in [1.54, 1.807) is 18.3 Å². The summed E-state index contributed by atoms with van der Waals surface area (Å²) >= 11 is 0. The number of methoxy groups -OCH3 is 1. The number of hydrogen-bond acceptors (Lipinski definition) is 7. The number of morpholine rings is 1. The Morgan fingerprint density at radius 2 is 2.30 bits per heavy atom. The molecular formula is C19H21N3O5. The summed E-state index contributed by atoms with van der Waals surface area (Å²) in [5.74, 6) is 0.786. The summed E-state index contributed by atoms with van der Waals surface area (Å²) in [6.07, 6.45) is 1.90. The van der Waals surface area contributed by atoms with E-state index < -0.39 is 0 Å². The first-order valence-corrected chi connectivity index (χ1v) is 8.81. The van der Waals surface area contributed by atoms with Crippen molar-refractivity contribution in [1.29, 1.82) is 0 Å². The number of benzene rings is 1. The molecule has 0 radical (unpaired) electrons. The summed E-state index contributed by atoms with van der Waals surface area (Å²) in [5.41, 5.74) is 2.78. The minimum Gasteiger partial charge on any atom is -0.464 e. The van der Waals surface area contributed by atoms with Crippen molar-refractivity contribution in [2.24, 2.45) is 0 Å². The first kappa shape index (κ1) is 17.7. The number of fused-ring (bicyclic) bond motifs is 1. The van der Waals surface area contributed by atoms with Gasteiger partial charge in [0.15, 0.2) is 5.82 Å². The highest BCUT2D eigenvalue weighted by molar-refractivity contribution is 5.88. The van der Waals surface area contributed by atoms with E-state index in [0.717, 1.165) is 22.1 Å². The first-order valence-electron chi connectivity index (χ1n) is 8.81. The van der Waals surface area contributed by atoms with E-state index in [0.29, 0.717) is 31.5 Å². The lowest BCUT2D eigenvalue weighted by Gasteiger charge is -2.33. The Balaban J connectivity index is 1.54. The van der Waals surface area contributed by atoms with Crippen molar-refractivity contribution in [3.05, 3.63) is 47.3 Å². The standard InChI is InChI=1S/C19H21N3O5/c1-12-3-4-14-13(9-26-16(14)7-12)8-18(23)22-5-6-25-10-15(22)19-20-17(11-24-2)27-21-19/h3-4,7,9,15H,5-6,8,10-11H2,1-2H3. The van der Waals surface area contributed by atoms with Crippen molar-refractivity contribution >= 4 is 16.9 Å². The third-order valence-electron chi connectivity index (χ3n) is 4.65. The molecule has 0 spiro atoms. The van der Waals surface area contributed by atoms with Gasteiger partial charge in [0.1, 0.15) is 18.2 Å². The maximum Gasteiger partial charge on any atom is 0.252 e. The molecule has 8 nitrogen and oxygen atoms in total. The molecule has 1 atom stereocenters. The van der Waals surface area contributed by atoms with Crippen LogP contribution in [0.1, 0.15) is 28.9 Å². The van der Waals surface area contributed by atoms with Crippen molar-refractivity contribution < 1.29 is 23.2 Å². The van der Waals surface area contributed by atoms with Crippen molar-refractivity contribution in [3.63, 3.8) is 0 Å². The number of nitrogens with zero attached hydrogens (tertiary/aromatic N) is 3. The van der Waals surface area contributed by atoms with Gasteiger partial charge in [0.05, 0.1) is 25.9 Å². The fraction of sp³-hybridized carbons (Fsp3) is 0.421. The molecule has 0 saturated carbocycles. The quantitative estimate of drug-likeness (QED) is 0.680.